The average Bonchev–Trinajstić information content (AvgIpc) is 2.39. The molecular weight excluding hydrogens is 216 g/mol. The van der Waals surface area contributed by atoms with Crippen LogP contribution in [0.5, 0.6) is 0 Å². The van der Waals surface area contributed by atoms with E-state index in [4.69, 9.17) is 5.73 Å². The molecule has 1 saturated carbocycles. The third-order valence-corrected chi connectivity index (χ3v) is 3.63. The number of carbonyl (C=O) groups is 1. The summed E-state index contributed by atoms with van der Waals surface area (Å²) < 4.78 is 0. The van der Waals surface area contributed by atoms with Crippen molar-refractivity contribution < 1.29 is 4.79 Å². The summed E-state index contributed by atoms with van der Waals surface area (Å²) in [6, 6.07) is 1.76. The molecule has 92 valence electrons. The van der Waals surface area contributed by atoms with Crippen molar-refractivity contribution >= 4 is 11.9 Å². The predicted molar refractivity (Wildman–Crippen MR) is 65.4 cm³/mol. The molecule has 0 unspecified atom stereocenters. The van der Waals surface area contributed by atoms with Crippen molar-refractivity contribution in [2.75, 3.05) is 11.9 Å². The Hall–Kier alpha value is -1.65. The molecule has 0 aromatic carbocycles. The van der Waals surface area contributed by atoms with E-state index in [0.29, 0.717) is 5.95 Å². The van der Waals surface area contributed by atoms with Gasteiger partial charge in [0.05, 0.1) is 0 Å². The van der Waals surface area contributed by atoms with Crippen LogP contribution in [-0.4, -0.2) is 28.5 Å². The van der Waals surface area contributed by atoms with E-state index in [1.165, 1.54) is 6.42 Å². The number of anilines is 1. The molecule has 1 heterocycles. The summed E-state index contributed by atoms with van der Waals surface area (Å²) in [6.45, 7) is 0. The van der Waals surface area contributed by atoms with E-state index in [0.717, 1.165) is 25.7 Å². The number of carbonyl (C=O) groups excluding carboxylic acids is 1. The Morgan fingerprint density at radius 2 is 1.88 bits per heavy atom. The number of hydrogen-bond donors (Lipinski definition) is 1. The number of likely N-dealkylation sites (N-methyl/N-ethyl adjacent to an activating group) is 1. The largest absolute Gasteiger partial charge is 0.368 e. The van der Waals surface area contributed by atoms with E-state index in [9.17, 15) is 4.79 Å². The van der Waals surface area contributed by atoms with Crippen molar-refractivity contribution in [3.05, 3.63) is 18.5 Å². The molecule has 0 saturated heterocycles. The van der Waals surface area contributed by atoms with Crippen molar-refractivity contribution in [2.24, 2.45) is 5.73 Å². The third-order valence-electron chi connectivity index (χ3n) is 3.63. The molecule has 1 amide bonds. The molecular formula is C12H18N4O. The predicted octanol–water partition coefficient (Wildman–Crippen LogP) is 1.10. The van der Waals surface area contributed by atoms with Crippen LogP contribution in [0.1, 0.15) is 32.1 Å². The fourth-order valence-electron chi connectivity index (χ4n) is 2.54. The zero-order valence-corrected chi connectivity index (χ0v) is 10.1. The molecule has 1 aliphatic carbocycles. The Labute approximate surface area is 101 Å². The van der Waals surface area contributed by atoms with Gasteiger partial charge in [0.1, 0.15) is 5.54 Å². The monoisotopic (exact) mass is 234 g/mol. The number of rotatable bonds is 3. The van der Waals surface area contributed by atoms with Gasteiger partial charge in [-0.3, -0.25) is 4.79 Å². The fraction of sp³-hybridized carbons (Fsp3) is 0.583. The lowest BCUT2D eigenvalue weighted by molar-refractivity contribution is -0.124. The van der Waals surface area contributed by atoms with Gasteiger partial charge in [-0.2, -0.15) is 0 Å². The van der Waals surface area contributed by atoms with E-state index in [1.807, 2.05) is 11.9 Å². The Morgan fingerprint density at radius 1 is 1.29 bits per heavy atom. The van der Waals surface area contributed by atoms with Gasteiger partial charge in [0.15, 0.2) is 0 Å². The minimum absolute atomic E-state index is 0.271. The zero-order chi connectivity index (χ0) is 12.3. The van der Waals surface area contributed by atoms with Gasteiger partial charge in [0, 0.05) is 19.4 Å². The number of amides is 1. The van der Waals surface area contributed by atoms with Crippen LogP contribution in [0.25, 0.3) is 0 Å². The number of nitrogens with zero attached hydrogens (tertiary/aromatic N) is 3. The van der Waals surface area contributed by atoms with Crippen molar-refractivity contribution in [1.29, 1.82) is 0 Å². The van der Waals surface area contributed by atoms with Crippen LogP contribution in [0.3, 0.4) is 0 Å². The highest BCUT2D eigenvalue weighted by Crippen LogP contribution is 2.34. The minimum atomic E-state index is -0.612. The van der Waals surface area contributed by atoms with Crippen molar-refractivity contribution in [3.8, 4) is 0 Å². The molecule has 17 heavy (non-hydrogen) atoms. The van der Waals surface area contributed by atoms with Crippen molar-refractivity contribution in [3.63, 3.8) is 0 Å². The molecule has 0 atom stereocenters. The average molecular weight is 234 g/mol. The molecule has 2 rings (SSSR count). The number of hydrogen-bond acceptors (Lipinski definition) is 4. The van der Waals surface area contributed by atoms with Crippen LogP contribution in [-0.2, 0) is 4.79 Å². The van der Waals surface area contributed by atoms with Gasteiger partial charge in [-0.1, -0.05) is 19.3 Å². The first kappa shape index (κ1) is 11.8. The Balaban J connectivity index is 2.30. The summed E-state index contributed by atoms with van der Waals surface area (Å²) in [5.74, 6) is 0.292. The lowest BCUT2D eigenvalue weighted by Gasteiger charge is -2.41. The van der Waals surface area contributed by atoms with Crippen LogP contribution in [0.15, 0.2) is 18.5 Å². The first-order chi connectivity index (χ1) is 8.17. The van der Waals surface area contributed by atoms with Gasteiger partial charge in [-0.25, -0.2) is 9.97 Å². The second-order valence-corrected chi connectivity index (χ2v) is 4.56. The molecule has 0 spiro atoms. The van der Waals surface area contributed by atoms with Gasteiger partial charge in [0.25, 0.3) is 0 Å². The maximum absolute atomic E-state index is 11.8. The van der Waals surface area contributed by atoms with Crippen LogP contribution in [0.2, 0.25) is 0 Å². The van der Waals surface area contributed by atoms with Gasteiger partial charge in [-0.05, 0) is 18.9 Å². The lowest BCUT2D eigenvalue weighted by atomic mass is 9.80. The summed E-state index contributed by atoms with van der Waals surface area (Å²) in [5, 5.41) is 0. The smallest absolute Gasteiger partial charge is 0.243 e. The first-order valence-corrected chi connectivity index (χ1v) is 5.97. The molecule has 1 aliphatic rings. The summed E-state index contributed by atoms with van der Waals surface area (Å²) in [4.78, 5) is 22.0. The number of primary amides is 1. The zero-order valence-electron chi connectivity index (χ0n) is 10.1. The van der Waals surface area contributed by atoms with Crippen LogP contribution in [0.4, 0.5) is 5.95 Å². The van der Waals surface area contributed by atoms with Crippen LogP contribution < -0.4 is 10.6 Å². The van der Waals surface area contributed by atoms with Gasteiger partial charge in [0.2, 0.25) is 11.9 Å². The Bertz CT molecular complexity index is 387. The Morgan fingerprint density at radius 3 is 2.41 bits per heavy atom. The van der Waals surface area contributed by atoms with Gasteiger partial charge in [-0.15, -0.1) is 0 Å². The quantitative estimate of drug-likeness (QED) is 0.850. The summed E-state index contributed by atoms with van der Waals surface area (Å²) in [7, 11) is 1.85. The summed E-state index contributed by atoms with van der Waals surface area (Å²) in [6.07, 6.45) is 8.15. The van der Waals surface area contributed by atoms with E-state index >= 15 is 0 Å². The second kappa shape index (κ2) is 4.69. The maximum Gasteiger partial charge on any atom is 0.243 e. The molecule has 1 aromatic rings. The highest BCUT2D eigenvalue weighted by molar-refractivity contribution is 5.88. The SMILES string of the molecule is CN(c1ncccn1)C1(C(N)=O)CCCCC1. The highest BCUT2D eigenvalue weighted by atomic mass is 16.1. The number of aromatic nitrogens is 2. The minimum Gasteiger partial charge on any atom is -0.368 e. The molecule has 0 aliphatic heterocycles. The topological polar surface area (TPSA) is 72.1 Å². The van der Waals surface area contributed by atoms with E-state index in [1.54, 1.807) is 18.5 Å². The third kappa shape index (κ3) is 2.09. The van der Waals surface area contributed by atoms with Gasteiger partial charge >= 0.3 is 0 Å². The molecule has 0 radical (unpaired) electrons. The first-order valence-electron chi connectivity index (χ1n) is 5.97. The van der Waals surface area contributed by atoms with E-state index in [2.05, 4.69) is 9.97 Å². The second-order valence-electron chi connectivity index (χ2n) is 4.56. The van der Waals surface area contributed by atoms with E-state index < -0.39 is 5.54 Å². The number of nitrogens with two attached hydrogens (primary N) is 1. The maximum atomic E-state index is 11.8. The van der Waals surface area contributed by atoms with Crippen LogP contribution in [0, 0.1) is 0 Å². The molecule has 0 bridgehead atoms. The fourth-order valence-corrected chi connectivity index (χ4v) is 2.54. The summed E-state index contributed by atoms with van der Waals surface area (Å²) >= 11 is 0. The van der Waals surface area contributed by atoms with Crippen molar-refractivity contribution in [2.45, 2.75) is 37.6 Å². The highest BCUT2D eigenvalue weighted by Gasteiger charge is 2.42. The standard InChI is InChI=1S/C12H18N4O/c1-16(11-14-8-5-9-15-11)12(10(13)17)6-3-2-4-7-12/h5,8-9H,2-4,6-7H2,1H3,(H2,13,17). The molecule has 1 fully saturated rings. The molecule has 5 heteroatoms. The Kier molecular flexibility index (Phi) is 3.26. The van der Waals surface area contributed by atoms with E-state index in [-0.39, 0.29) is 5.91 Å². The van der Waals surface area contributed by atoms with Crippen molar-refractivity contribution in [1.82, 2.24) is 9.97 Å². The normalized spacial score (nSPS) is 18.6. The lowest BCUT2D eigenvalue weighted by Crippen LogP contribution is -2.57. The molecule has 5 nitrogen and oxygen atoms in total. The molecule has 1 aromatic heterocycles. The molecule has 2 N–H and O–H groups in total. The summed E-state index contributed by atoms with van der Waals surface area (Å²) in [5.41, 5.74) is 4.99. The van der Waals surface area contributed by atoms with Crippen LogP contribution >= 0.6 is 0 Å². The van der Waals surface area contributed by atoms with Gasteiger partial charge < -0.3 is 10.6 Å².